The molecule has 1 saturated heterocycles. The van der Waals surface area contributed by atoms with E-state index in [0.29, 0.717) is 44.4 Å². The summed E-state index contributed by atoms with van der Waals surface area (Å²) in [5.41, 5.74) is 0. The summed E-state index contributed by atoms with van der Waals surface area (Å²) in [5, 5.41) is 10.0. The van der Waals surface area contributed by atoms with Gasteiger partial charge < -0.3 is 9.84 Å². The van der Waals surface area contributed by atoms with Crippen molar-refractivity contribution < 1.29 is 18.3 Å². The molecule has 1 aliphatic carbocycles. The predicted octanol–water partition coefficient (Wildman–Crippen LogP) is 0.772. The maximum atomic E-state index is 12.8. The van der Waals surface area contributed by atoms with Crippen LogP contribution in [0.1, 0.15) is 12.8 Å². The molecule has 128 valence electrons. The third-order valence-electron chi connectivity index (χ3n) is 4.63. The Hall–Kier alpha value is -1.15. The van der Waals surface area contributed by atoms with Gasteiger partial charge in [-0.15, -0.1) is 0 Å². The highest BCUT2D eigenvalue weighted by atomic mass is 32.2. The highest BCUT2D eigenvalue weighted by Gasteiger charge is 2.34. The molecule has 1 aromatic carbocycles. The number of hydrogen-bond donors (Lipinski definition) is 1. The summed E-state index contributed by atoms with van der Waals surface area (Å²) < 4.78 is 32.3. The minimum atomic E-state index is -3.54. The van der Waals surface area contributed by atoms with E-state index in [9.17, 15) is 13.5 Å². The first-order valence-electron chi connectivity index (χ1n) is 8.06. The lowest BCUT2D eigenvalue weighted by Gasteiger charge is -2.35. The third-order valence-corrected chi connectivity index (χ3v) is 6.57. The van der Waals surface area contributed by atoms with Gasteiger partial charge in [-0.1, -0.05) is 12.1 Å². The number of methoxy groups -OCH3 is 1. The normalized spacial score (nSPS) is 22.0. The van der Waals surface area contributed by atoms with Gasteiger partial charge in [0.1, 0.15) is 10.6 Å². The van der Waals surface area contributed by atoms with Crippen molar-refractivity contribution in [2.24, 2.45) is 5.92 Å². The van der Waals surface area contributed by atoms with Crippen molar-refractivity contribution in [3.05, 3.63) is 24.3 Å². The van der Waals surface area contributed by atoms with Crippen LogP contribution in [0.4, 0.5) is 0 Å². The summed E-state index contributed by atoms with van der Waals surface area (Å²) in [6.45, 7) is 2.83. The molecule has 6 nitrogen and oxygen atoms in total. The standard InChI is InChI=1S/C16H24N2O4S/c1-22-15-4-2-3-5-16(15)23(20,21)18-10-8-17(9-11-18)12-14(19)13-6-7-13/h2-5,13-14,19H,6-12H2,1H3/t14-/m1/s1. The average Bonchev–Trinajstić information content (AvgIpc) is 3.40. The summed E-state index contributed by atoms with van der Waals surface area (Å²) >= 11 is 0. The van der Waals surface area contributed by atoms with Crippen LogP contribution in [0.15, 0.2) is 29.2 Å². The van der Waals surface area contributed by atoms with Gasteiger partial charge in [0.2, 0.25) is 10.0 Å². The van der Waals surface area contributed by atoms with Crippen LogP contribution >= 0.6 is 0 Å². The first-order valence-corrected chi connectivity index (χ1v) is 9.50. The lowest BCUT2D eigenvalue weighted by Crippen LogP contribution is -2.50. The Morgan fingerprint density at radius 1 is 1.22 bits per heavy atom. The van der Waals surface area contributed by atoms with E-state index in [1.165, 1.54) is 11.4 Å². The van der Waals surface area contributed by atoms with Crippen molar-refractivity contribution in [2.45, 2.75) is 23.8 Å². The Kier molecular flexibility index (Phi) is 4.91. The lowest BCUT2D eigenvalue weighted by atomic mass is 10.2. The van der Waals surface area contributed by atoms with E-state index < -0.39 is 10.0 Å². The number of rotatable bonds is 6. The second-order valence-corrected chi connectivity index (χ2v) is 8.17. The average molecular weight is 340 g/mol. The van der Waals surface area contributed by atoms with E-state index in [0.717, 1.165) is 12.8 Å². The fraction of sp³-hybridized carbons (Fsp3) is 0.625. The minimum absolute atomic E-state index is 0.217. The van der Waals surface area contributed by atoms with Crippen molar-refractivity contribution in [3.8, 4) is 5.75 Å². The molecule has 1 N–H and O–H groups in total. The van der Waals surface area contributed by atoms with Gasteiger partial charge in [0.25, 0.3) is 0 Å². The van der Waals surface area contributed by atoms with Crippen LogP contribution in [0.2, 0.25) is 0 Å². The summed E-state index contributed by atoms with van der Waals surface area (Å²) in [6.07, 6.45) is 1.96. The maximum Gasteiger partial charge on any atom is 0.246 e. The molecule has 1 aromatic rings. The van der Waals surface area contributed by atoms with Crippen molar-refractivity contribution in [1.82, 2.24) is 9.21 Å². The monoisotopic (exact) mass is 340 g/mol. The summed E-state index contributed by atoms with van der Waals surface area (Å²) in [4.78, 5) is 2.37. The number of aliphatic hydroxyl groups is 1. The Balaban J connectivity index is 1.64. The molecule has 0 aromatic heterocycles. The quantitative estimate of drug-likeness (QED) is 0.828. The largest absolute Gasteiger partial charge is 0.495 e. The van der Waals surface area contributed by atoms with Gasteiger partial charge in [-0.3, -0.25) is 4.90 Å². The number of para-hydroxylation sites is 1. The molecular weight excluding hydrogens is 316 g/mol. The predicted molar refractivity (Wildman–Crippen MR) is 86.9 cm³/mol. The van der Waals surface area contributed by atoms with Crippen molar-refractivity contribution in [1.29, 1.82) is 0 Å². The van der Waals surface area contributed by atoms with Crippen LogP contribution in [0.3, 0.4) is 0 Å². The van der Waals surface area contributed by atoms with Gasteiger partial charge in [0.15, 0.2) is 0 Å². The van der Waals surface area contributed by atoms with E-state index in [1.807, 2.05) is 0 Å². The molecule has 23 heavy (non-hydrogen) atoms. The van der Waals surface area contributed by atoms with Crippen LogP contribution in [-0.4, -0.2) is 68.7 Å². The van der Waals surface area contributed by atoms with E-state index in [2.05, 4.69) is 4.90 Å². The first kappa shape index (κ1) is 16.7. The zero-order valence-electron chi connectivity index (χ0n) is 13.4. The molecule has 0 radical (unpaired) electrons. The Morgan fingerprint density at radius 2 is 1.87 bits per heavy atom. The topological polar surface area (TPSA) is 70.1 Å². The highest BCUT2D eigenvalue weighted by molar-refractivity contribution is 7.89. The van der Waals surface area contributed by atoms with Gasteiger partial charge >= 0.3 is 0 Å². The molecule has 7 heteroatoms. The van der Waals surface area contributed by atoms with Gasteiger partial charge in [0, 0.05) is 32.7 Å². The van der Waals surface area contributed by atoms with Crippen molar-refractivity contribution in [3.63, 3.8) is 0 Å². The number of benzene rings is 1. The third kappa shape index (κ3) is 3.68. The highest BCUT2D eigenvalue weighted by Crippen LogP contribution is 2.33. The van der Waals surface area contributed by atoms with E-state index in [-0.39, 0.29) is 11.0 Å². The molecule has 2 fully saturated rings. The lowest BCUT2D eigenvalue weighted by molar-refractivity contribution is 0.0781. The smallest absolute Gasteiger partial charge is 0.246 e. The molecule has 3 rings (SSSR count). The second-order valence-electron chi connectivity index (χ2n) is 6.26. The molecule has 0 spiro atoms. The van der Waals surface area contributed by atoms with Crippen LogP contribution in [0, 0.1) is 5.92 Å². The van der Waals surface area contributed by atoms with Gasteiger partial charge in [-0.2, -0.15) is 4.31 Å². The summed E-state index contributed by atoms with van der Waals surface area (Å²) in [5.74, 6) is 0.824. The van der Waals surface area contributed by atoms with E-state index >= 15 is 0 Å². The molecule has 1 saturated carbocycles. The molecule has 1 heterocycles. The maximum absolute atomic E-state index is 12.8. The van der Waals surface area contributed by atoms with Crippen LogP contribution < -0.4 is 4.74 Å². The fourth-order valence-electron chi connectivity index (χ4n) is 3.02. The number of aliphatic hydroxyl groups excluding tert-OH is 1. The number of hydrogen-bond acceptors (Lipinski definition) is 5. The molecular formula is C16H24N2O4S. The SMILES string of the molecule is COc1ccccc1S(=O)(=O)N1CCN(C[C@@H](O)C2CC2)CC1. The number of sulfonamides is 1. The first-order chi connectivity index (χ1) is 11.0. The van der Waals surface area contributed by atoms with E-state index in [4.69, 9.17) is 4.74 Å². The molecule has 0 bridgehead atoms. The Morgan fingerprint density at radius 3 is 2.48 bits per heavy atom. The van der Waals surface area contributed by atoms with Crippen LogP contribution in [0.25, 0.3) is 0 Å². The zero-order chi connectivity index (χ0) is 16.4. The van der Waals surface area contributed by atoms with E-state index in [1.54, 1.807) is 24.3 Å². The van der Waals surface area contributed by atoms with Crippen molar-refractivity contribution in [2.75, 3.05) is 39.8 Å². The van der Waals surface area contributed by atoms with Gasteiger partial charge in [-0.25, -0.2) is 8.42 Å². The minimum Gasteiger partial charge on any atom is -0.495 e. The Labute approximate surface area is 137 Å². The molecule has 0 amide bonds. The van der Waals surface area contributed by atoms with Gasteiger partial charge in [0.05, 0.1) is 13.2 Å². The Bertz CT molecular complexity index is 637. The fourth-order valence-corrected chi connectivity index (χ4v) is 4.60. The summed E-state index contributed by atoms with van der Waals surface area (Å²) in [7, 11) is -2.06. The molecule has 0 unspecified atom stereocenters. The number of nitrogens with zero attached hydrogens (tertiary/aromatic N) is 2. The number of ether oxygens (including phenoxy) is 1. The van der Waals surface area contributed by atoms with Crippen LogP contribution in [0.5, 0.6) is 5.75 Å². The van der Waals surface area contributed by atoms with Crippen LogP contribution in [-0.2, 0) is 10.0 Å². The summed E-state index contributed by atoms with van der Waals surface area (Å²) in [6, 6.07) is 6.71. The molecule has 1 atom stereocenters. The van der Waals surface area contributed by atoms with Gasteiger partial charge in [-0.05, 0) is 30.9 Å². The number of piperazine rings is 1. The molecule has 2 aliphatic rings. The molecule has 1 aliphatic heterocycles. The zero-order valence-corrected chi connectivity index (χ0v) is 14.2. The number of β-amino-alcohol motifs (C(OH)–C–C–N with tert-alkyl or cyclic N) is 1. The van der Waals surface area contributed by atoms with Crippen molar-refractivity contribution >= 4 is 10.0 Å². The second kappa shape index (κ2) is 6.76.